The Labute approximate surface area is 84.0 Å². The molecule has 1 aliphatic carbocycles. The predicted molar refractivity (Wildman–Crippen MR) is 55.1 cm³/mol. The molecule has 1 spiro atoms. The number of para-hydroxylation sites is 1. The fourth-order valence-corrected chi connectivity index (χ4v) is 2.48. The van der Waals surface area contributed by atoms with Gasteiger partial charge in [0.05, 0.1) is 0 Å². The van der Waals surface area contributed by atoms with E-state index in [-0.39, 0.29) is 0 Å². The zero-order chi connectivity index (χ0) is 9.60. The van der Waals surface area contributed by atoms with Crippen LogP contribution >= 0.6 is 0 Å². The van der Waals surface area contributed by atoms with Crippen LogP contribution in [0.1, 0.15) is 30.9 Å². The van der Waals surface area contributed by atoms with Crippen LogP contribution in [0.25, 0.3) is 0 Å². The number of phenolic OH excluding ortho intramolecular Hbond substituents is 1. The molecule has 1 aliphatic heterocycles. The molecule has 0 amide bonds. The predicted octanol–water partition coefficient (Wildman–Crippen LogP) is 2.21. The third-order valence-electron chi connectivity index (χ3n) is 3.63. The van der Waals surface area contributed by atoms with Crippen LogP contribution in [0.3, 0.4) is 0 Å². The van der Waals surface area contributed by atoms with Gasteiger partial charge in [-0.05, 0) is 30.7 Å². The van der Waals surface area contributed by atoms with Crippen molar-refractivity contribution in [2.24, 2.45) is 5.41 Å². The van der Waals surface area contributed by atoms with Crippen molar-refractivity contribution in [1.82, 2.24) is 5.32 Å². The summed E-state index contributed by atoms with van der Waals surface area (Å²) >= 11 is 0. The highest BCUT2D eigenvalue weighted by Gasteiger charge is 2.48. The second-order valence-corrected chi connectivity index (χ2v) is 4.70. The Bertz CT molecular complexity index is 357. The zero-order valence-electron chi connectivity index (χ0n) is 8.16. The molecular weight excluding hydrogens is 174 g/mol. The maximum Gasteiger partial charge on any atom is 0.120 e. The molecule has 2 aliphatic rings. The van der Waals surface area contributed by atoms with Crippen LogP contribution in [0, 0.1) is 5.41 Å². The number of hydrogen-bond donors (Lipinski definition) is 2. The second-order valence-electron chi connectivity index (χ2n) is 4.70. The van der Waals surface area contributed by atoms with Gasteiger partial charge >= 0.3 is 0 Å². The van der Waals surface area contributed by atoms with Gasteiger partial charge in [-0.15, -0.1) is 0 Å². The molecule has 1 saturated carbocycles. The summed E-state index contributed by atoms with van der Waals surface area (Å²) in [5, 5.41) is 13.2. The van der Waals surface area contributed by atoms with Gasteiger partial charge in [0.1, 0.15) is 5.75 Å². The van der Waals surface area contributed by atoms with Gasteiger partial charge in [-0.3, -0.25) is 0 Å². The van der Waals surface area contributed by atoms with Gasteiger partial charge in [0.25, 0.3) is 0 Å². The van der Waals surface area contributed by atoms with Crippen LogP contribution in [-0.2, 0) is 0 Å². The first-order valence-electron chi connectivity index (χ1n) is 5.30. The van der Waals surface area contributed by atoms with Crippen molar-refractivity contribution in [3.63, 3.8) is 0 Å². The van der Waals surface area contributed by atoms with Gasteiger partial charge in [0.15, 0.2) is 0 Å². The molecule has 1 aromatic rings. The molecule has 2 fully saturated rings. The van der Waals surface area contributed by atoms with E-state index in [9.17, 15) is 5.11 Å². The Hall–Kier alpha value is -1.02. The van der Waals surface area contributed by atoms with E-state index in [0.29, 0.717) is 17.2 Å². The molecule has 2 N–H and O–H groups in total. The Balaban J connectivity index is 1.86. The summed E-state index contributed by atoms with van der Waals surface area (Å²) in [5.41, 5.74) is 1.66. The SMILES string of the molecule is Oc1ccccc1C1CC2(CC2)CN1. The minimum absolute atomic E-state index is 0.374. The molecule has 1 unspecified atom stereocenters. The monoisotopic (exact) mass is 189 g/mol. The third kappa shape index (κ3) is 1.22. The van der Waals surface area contributed by atoms with Crippen LogP contribution in [0.5, 0.6) is 5.75 Å². The van der Waals surface area contributed by atoms with E-state index in [2.05, 4.69) is 5.32 Å². The summed E-state index contributed by atoms with van der Waals surface area (Å²) < 4.78 is 0. The van der Waals surface area contributed by atoms with Crippen LogP contribution in [0.4, 0.5) is 0 Å². The minimum Gasteiger partial charge on any atom is -0.508 e. The lowest BCUT2D eigenvalue weighted by atomic mass is 9.98. The maximum atomic E-state index is 9.72. The highest BCUT2D eigenvalue weighted by molar-refractivity contribution is 5.35. The van der Waals surface area contributed by atoms with Crippen LogP contribution in [-0.4, -0.2) is 11.7 Å². The highest BCUT2D eigenvalue weighted by Crippen LogP contribution is 2.55. The minimum atomic E-state index is 0.374. The first-order chi connectivity index (χ1) is 6.79. The van der Waals surface area contributed by atoms with Gasteiger partial charge in [0.2, 0.25) is 0 Å². The molecule has 74 valence electrons. The van der Waals surface area contributed by atoms with E-state index in [4.69, 9.17) is 0 Å². The van der Waals surface area contributed by atoms with Crippen molar-refractivity contribution in [1.29, 1.82) is 0 Å². The third-order valence-corrected chi connectivity index (χ3v) is 3.63. The first kappa shape index (κ1) is 8.30. The summed E-state index contributed by atoms with van der Waals surface area (Å²) in [6, 6.07) is 8.04. The fourth-order valence-electron chi connectivity index (χ4n) is 2.48. The average Bonchev–Trinajstić information content (AvgIpc) is 2.79. The van der Waals surface area contributed by atoms with Crippen LogP contribution in [0.2, 0.25) is 0 Å². The molecule has 2 nitrogen and oxygen atoms in total. The second kappa shape index (κ2) is 2.74. The van der Waals surface area contributed by atoms with Crippen molar-refractivity contribution in [3.8, 4) is 5.75 Å². The molecule has 1 saturated heterocycles. The van der Waals surface area contributed by atoms with Crippen LogP contribution in [0.15, 0.2) is 24.3 Å². The summed E-state index contributed by atoms with van der Waals surface area (Å²) in [7, 11) is 0. The highest BCUT2D eigenvalue weighted by atomic mass is 16.3. The molecule has 1 heterocycles. The molecule has 0 radical (unpaired) electrons. The van der Waals surface area contributed by atoms with Crippen LogP contribution < -0.4 is 5.32 Å². The van der Waals surface area contributed by atoms with E-state index >= 15 is 0 Å². The lowest BCUT2D eigenvalue weighted by Gasteiger charge is -2.12. The molecule has 2 heteroatoms. The standard InChI is InChI=1S/C12H15NO/c14-11-4-2-1-3-9(11)10-7-12(5-6-12)8-13-10/h1-4,10,13-14H,5-8H2. The van der Waals surface area contributed by atoms with Crippen molar-refractivity contribution >= 4 is 0 Å². The molecular formula is C12H15NO. The Morgan fingerprint density at radius 2 is 2.07 bits per heavy atom. The van der Waals surface area contributed by atoms with Crippen molar-refractivity contribution in [2.75, 3.05) is 6.54 Å². The summed E-state index contributed by atoms with van der Waals surface area (Å²) in [6.07, 6.45) is 3.93. The number of hydrogen-bond acceptors (Lipinski definition) is 2. The van der Waals surface area contributed by atoms with E-state index in [1.54, 1.807) is 6.07 Å². The smallest absolute Gasteiger partial charge is 0.120 e. The average molecular weight is 189 g/mol. The van der Waals surface area contributed by atoms with E-state index < -0.39 is 0 Å². The van der Waals surface area contributed by atoms with Gasteiger partial charge in [-0.1, -0.05) is 18.2 Å². The number of aromatic hydroxyl groups is 1. The Kier molecular flexibility index (Phi) is 1.62. The van der Waals surface area contributed by atoms with E-state index in [1.807, 2.05) is 18.2 Å². The van der Waals surface area contributed by atoms with Gasteiger partial charge in [-0.2, -0.15) is 0 Å². The Morgan fingerprint density at radius 3 is 2.71 bits per heavy atom. The number of benzene rings is 1. The van der Waals surface area contributed by atoms with Gasteiger partial charge < -0.3 is 10.4 Å². The van der Waals surface area contributed by atoms with Crippen molar-refractivity contribution in [2.45, 2.75) is 25.3 Å². The molecule has 1 atom stereocenters. The van der Waals surface area contributed by atoms with Gasteiger partial charge in [0, 0.05) is 18.2 Å². The number of phenols is 1. The topological polar surface area (TPSA) is 32.3 Å². The molecule has 3 rings (SSSR count). The molecule has 1 aromatic carbocycles. The van der Waals surface area contributed by atoms with Crippen molar-refractivity contribution < 1.29 is 5.11 Å². The number of nitrogens with one attached hydrogen (secondary N) is 1. The quantitative estimate of drug-likeness (QED) is 0.710. The molecule has 14 heavy (non-hydrogen) atoms. The normalized spacial score (nSPS) is 28.1. The summed E-state index contributed by atoms with van der Waals surface area (Å²) in [4.78, 5) is 0. The lowest BCUT2D eigenvalue weighted by molar-refractivity contribution is 0.454. The Morgan fingerprint density at radius 1 is 1.29 bits per heavy atom. The largest absolute Gasteiger partial charge is 0.508 e. The van der Waals surface area contributed by atoms with E-state index in [0.717, 1.165) is 12.1 Å². The summed E-state index contributed by atoms with van der Waals surface area (Å²) in [6.45, 7) is 1.13. The fraction of sp³-hybridized carbons (Fsp3) is 0.500. The van der Waals surface area contributed by atoms with E-state index in [1.165, 1.54) is 19.3 Å². The van der Waals surface area contributed by atoms with Gasteiger partial charge in [-0.25, -0.2) is 0 Å². The molecule has 0 aromatic heterocycles. The molecule has 0 bridgehead atoms. The summed E-state index contributed by atoms with van der Waals surface area (Å²) in [5.74, 6) is 0.433. The van der Waals surface area contributed by atoms with Crippen molar-refractivity contribution in [3.05, 3.63) is 29.8 Å². The lowest BCUT2D eigenvalue weighted by Crippen LogP contribution is -2.13. The first-order valence-corrected chi connectivity index (χ1v) is 5.30. The number of rotatable bonds is 1. The zero-order valence-corrected chi connectivity index (χ0v) is 8.16. The maximum absolute atomic E-state index is 9.72.